The molecule has 0 radical (unpaired) electrons. The third kappa shape index (κ3) is 5.37. The summed E-state index contributed by atoms with van der Waals surface area (Å²) in [4.78, 5) is 2.39. The number of nitrogen functional groups attached to an aromatic ring is 1. The Kier molecular flexibility index (Phi) is 6.13. The fourth-order valence-corrected chi connectivity index (χ4v) is 1.85. The number of nitrogens with zero attached hydrogens (tertiary/aromatic N) is 2. The Morgan fingerprint density at radius 2 is 1.94 bits per heavy atom. The Morgan fingerprint density at radius 1 is 1.24 bits per heavy atom. The van der Waals surface area contributed by atoms with Crippen LogP contribution < -0.4 is 5.73 Å². The largest absolute Gasteiger partial charge is 0.399 e. The van der Waals surface area contributed by atoms with Gasteiger partial charge in [-0.15, -0.1) is 0 Å². The van der Waals surface area contributed by atoms with E-state index in [4.69, 9.17) is 11.0 Å². The van der Waals surface area contributed by atoms with Crippen molar-refractivity contribution in [2.45, 2.75) is 32.7 Å². The smallest absolute Gasteiger partial charge is 0.0622 e. The molecule has 2 N–H and O–H groups in total. The van der Waals surface area contributed by atoms with E-state index in [1.54, 1.807) is 0 Å². The number of hydrogen-bond donors (Lipinski definition) is 1. The molecule has 0 heterocycles. The number of hydrogen-bond acceptors (Lipinski definition) is 3. The summed E-state index contributed by atoms with van der Waals surface area (Å²) < 4.78 is 0. The fraction of sp³-hybridized carbons (Fsp3) is 0.500. The molecule has 0 atom stereocenters. The first-order valence-electron chi connectivity index (χ1n) is 6.20. The molecule has 0 aliphatic heterocycles. The molecule has 0 aliphatic rings. The van der Waals surface area contributed by atoms with Crippen molar-refractivity contribution in [1.82, 2.24) is 4.90 Å². The number of rotatable bonds is 7. The van der Waals surface area contributed by atoms with Gasteiger partial charge < -0.3 is 5.73 Å². The van der Waals surface area contributed by atoms with Crippen LogP contribution in [0, 0.1) is 11.3 Å². The summed E-state index contributed by atoms with van der Waals surface area (Å²) in [5.41, 5.74) is 7.75. The van der Waals surface area contributed by atoms with Gasteiger partial charge in [0.1, 0.15) is 0 Å². The van der Waals surface area contributed by atoms with Crippen LogP contribution in [0.4, 0.5) is 5.69 Å². The van der Waals surface area contributed by atoms with Gasteiger partial charge in [-0.3, -0.25) is 4.90 Å². The second kappa shape index (κ2) is 7.70. The summed E-state index contributed by atoms with van der Waals surface area (Å²) in [5, 5.41) is 8.55. The van der Waals surface area contributed by atoms with Gasteiger partial charge in [0.15, 0.2) is 0 Å². The summed E-state index contributed by atoms with van der Waals surface area (Å²) >= 11 is 0. The van der Waals surface area contributed by atoms with Gasteiger partial charge in [-0.1, -0.05) is 19.1 Å². The van der Waals surface area contributed by atoms with Crippen molar-refractivity contribution < 1.29 is 0 Å². The van der Waals surface area contributed by atoms with E-state index >= 15 is 0 Å². The van der Waals surface area contributed by atoms with E-state index in [1.165, 1.54) is 5.56 Å². The molecule has 17 heavy (non-hydrogen) atoms. The second-order valence-electron chi connectivity index (χ2n) is 4.28. The number of nitrogens with two attached hydrogens (primary N) is 1. The van der Waals surface area contributed by atoms with Crippen molar-refractivity contribution in [3.63, 3.8) is 0 Å². The number of anilines is 1. The molecule has 0 saturated carbocycles. The van der Waals surface area contributed by atoms with E-state index in [2.05, 4.69) is 30.0 Å². The van der Waals surface area contributed by atoms with E-state index in [9.17, 15) is 0 Å². The van der Waals surface area contributed by atoms with E-state index in [1.807, 2.05) is 12.1 Å². The molecule has 92 valence electrons. The minimum Gasteiger partial charge on any atom is -0.399 e. The highest BCUT2D eigenvalue weighted by molar-refractivity contribution is 5.39. The van der Waals surface area contributed by atoms with Crippen molar-refractivity contribution in [2.24, 2.45) is 0 Å². The third-order valence-electron chi connectivity index (χ3n) is 2.69. The maximum Gasteiger partial charge on any atom is 0.0622 e. The number of unbranched alkanes of at least 4 members (excludes halogenated alkanes) is 1. The number of benzene rings is 1. The Hall–Kier alpha value is -1.53. The lowest BCUT2D eigenvalue weighted by Gasteiger charge is -2.21. The molecule has 0 aromatic heterocycles. The van der Waals surface area contributed by atoms with Crippen LogP contribution in [-0.4, -0.2) is 18.0 Å². The van der Waals surface area contributed by atoms with Crippen LogP contribution in [0.1, 0.15) is 31.7 Å². The Morgan fingerprint density at radius 3 is 2.53 bits per heavy atom. The zero-order valence-electron chi connectivity index (χ0n) is 10.5. The van der Waals surface area contributed by atoms with E-state index in [0.29, 0.717) is 6.42 Å². The van der Waals surface area contributed by atoms with Gasteiger partial charge in [-0.05, 0) is 43.6 Å². The van der Waals surface area contributed by atoms with E-state index < -0.39 is 0 Å². The van der Waals surface area contributed by atoms with Crippen LogP contribution in [0.15, 0.2) is 24.3 Å². The normalized spacial score (nSPS) is 10.4. The fourth-order valence-electron chi connectivity index (χ4n) is 1.85. The maximum atomic E-state index is 8.55. The highest BCUT2D eigenvalue weighted by Crippen LogP contribution is 2.09. The lowest BCUT2D eigenvalue weighted by molar-refractivity contribution is 0.263. The molecule has 3 nitrogen and oxygen atoms in total. The average Bonchev–Trinajstić information content (AvgIpc) is 2.32. The molecule has 0 bridgehead atoms. The molecule has 1 aromatic rings. The van der Waals surface area contributed by atoms with Gasteiger partial charge in [-0.25, -0.2) is 0 Å². The van der Waals surface area contributed by atoms with Crippen LogP contribution in [-0.2, 0) is 6.54 Å². The molecule has 0 fully saturated rings. The molecule has 1 rings (SSSR count). The van der Waals surface area contributed by atoms with Gasteiger partial charge in [0.25, 0.3) is 0 Å². The molecule has 1 aromatic carbocycles. The van der Waals surface area contributed by atoms with Crippen molar-refractivity contribution in [3.05, 3.63) is 29.8 Å². The summed E-state index contributed by atoms with van der Waals surface area (Å²) in [6.45, 7) is 5.20. The first kappa shape index (κ1) is 13.5. The maximum absolute atomic E-state index is 8.55. The highest BCUT2D eigenvalue weighted by atomic mass is 15.1. The topological polar surface area (TPSA) is 53.0 Å². The van der Waals surface area contributed by atoms with Crippen molar-refractivity contribution in [3.8, 4) is 6.07 Å². The molecule has 0 saturated heterocycles. The number of nitriles is 1. The van der Waals surface area contributed by atoms with Crippen LogP contribution >= 0.6 is 0 Å². The molecule has 0 unspecified atom stereocenters. The zero-order valence-corrected chi connectivity index (χ0v) is 10.5. The van der Waals surface area contributed by atoms with Crippen LogP contribution in [0.25, 0.3) is 0 Å². The zero-order chi connectivity index (χ0) is 12.5. The summed E-state index contributed by atoms with van der Waals surface area (Å²) in [6.07, 6.45) is 2.73. The highest BCUT2D eigenvalue weighted by Gasteiger charge is 2.04. The van der Waals surface area contributed by atoms with Crippen molar-refractivity contribution >= 4 is 5.69 Å². The molecular weight excluding hydrogens is 210 g/mol. The van der Waals surface area contributed by atoms with Gasteiger partial charge in [-0.2, -0.15) is 5.26 Å². The molecular formula is C14H21N3. The Balaban J connectivity index is 2.47. The quantitative estimate of drug-likeness (QED) is 0.580. The standard InChI is InChI=1S/C14H21N3/c1-2-10-17(11-4-3-9-15)12-13-5-7-14(16)8-6-13/h5-8H,2-4,10-12,16H2,1H3. The van der Waals surface area contributed by atoms with Gasteiger partial charge in [0.05, 0.1) is 6.07 Å². The first-order valence-corrected chi connectivity index (χ1v) is 6.20. The van der Waals surface area contributed by atoms with E-state index in [-0.39, 0.29) is 0 Å². The molecule has 3 heteroatoms. The third-order valence-corrected chi connectivity index (χ3v) is 2.69. The summed E-state index contributed by atoms with van der Waals surface area (Å²) in [7, 11) is 0. The van der Waals surface area contributed by atoms with Gasteiger partial charge in [0.2, 0.25) is 0 Å². The average molecular weight is 231 g/mol. The summed E-state index contributed by atoms with van der Waals surface area (Å²) in [5.74, 6) is 0. The molecule has 0 aliphatic carbocycles. The lowest BCUT2D eigenvalue weighted by Crippen LogP contribution is -2.25. The SMILES string of the molecule is CCCN(CCCC#N)Cc1ccc(N)cc1. The predicted molar refractivity (Wildman–Crippen MR) is 71.3 cm³/mol. The van der Waals surface area contributed by atoms with Crippen LogP contribution in [0.5, 0.6) is 0 Å². The molecule has 0 amide bonds. The second-order valence-corrected chi connectivity index (χ2v) is 4.28. The van der Waals surface area contributed by atoms with Gasteiger partial charge in [0, 0.05) is 18.7 Å². The predicted octanol–water partition coefficient (Wildman–Crippen LogP) is 2.78. The lowest BCUT2D eigenvalue weighted by atomic mass is 10.2. The van der Waals surface area contributed by atoms with E-state index in [0.717, 1.165) is 38.2 Å². The first-order chi connectivity index (χ1) is 8.26. The van der Waals surface area contributed by atoms with Gasteiger partial charge >= 0.3 is 0 Å². The Labute approximate surface area is 104 Å². The van der Waals surface area contributed by atoms with Crippen LogP contribution in [0.3, 0.4) is 0 Å². The molecule has 0 spiro atoms. The van der Waals surface area contributed by atoms with Crippen molar-refractivity contribution in [2.75, 3.05) is 18.8 Å². The summed E-state index contributed by atoms with van der Waals surface area (Å²) in [6, 6.07) is 10.2. The minimum absolute atomic E-state index is 0.641. The van der Waals surface area contributed by atoms with Crippen LogP contribution in [0.2, 0.25) is 0 Å². The monoisotopic (exact) mass is 231 g/mol. The van der Waals surface area contributed by atoms with Crippen molar-refractivity contribution in [1.29, 1.82) is 5.26 Å². The Bertz CT molecular complexity index is 351. The minimum atomic E-state index is 0.641.